The van der Waals surface area contributed by atoms with E-state index in [1.165, 1.54) is 36.4 Å². The Hall–Kier alpha value is -3.91. The lowest BCUT2D eigenvalue weighted by atomic mass is 10.1. The highest BCUT2D eigenvalue weighted by molar-refractivity contribution is 7.92. The molecule has 4 aromatic rings. The summed E-state index contributed by atoms with van der Waals surface area (Å²) in [5.41, 5.74) is 0.969. The van der Waals surface area contributed by atoms with Gasteiger partial charge in [0.25, 0.3) is 5.91 Å². The number of nitrogens with zero attached hydrogens (tertiary/aromatic N) is 1. The highest BCUT2D eigenvalue weighted by atomic mass is 32.2. The zero-order valence-corrected chi connectivity index (χ0v) is 20.0. The lowest BCUT2D eigenvalue weighted by molar-refractivity contribution is 0.0947. The van der Waals surface area contributed by atoms with Crippen molar-refractivity contribution in [2.45, 2.75) is 6.54 Å². The van der Waals surface area contributed by atoms with Crippen LogP contribution in [0.4, 0.5) is 10.1 Å². The van der Waals surface area contributed by atoms with E-state index in [1.807, 2.05) is 42.5 Å². The summed E-state index contributed by atoms with van der Waals surface area (Å²) >= 11 is 0. The van der Waals surface area contributed by atoms with E-state index in [0.717, 1.165) is 27.1 Å². The first-order chi connectivity index (χ1) is 16.8. The van der Waals surface area contributed by atoms with Crippen molar-refractivity contribution >= 4 is 32.4 Å². The summed E-state index contributed by atoms with van der Waals surface area (Å²) in [6.07, 6.45) is 1.06. The van der Waals surface area contributed by atoms with Crippen LogP contribution < -0.4 is 14.4 Å². The Bertz CT molecular complexity index is 1440. The fourth-order valence-electron chi connectivity index (χ4n) is 3.65. The minimum atomic E-state index is -3.67. The van der Waals surface area contributed by atoms with Crippen LogP contribution in [0.3, 0.4) is 0 Å². The maximum Gasteiger partial charge on any atom is 0.251 e. The molecule has 0 aliphatic heterocycles. The smallest absolute Gasteiger partial charge is 0.251 e. The lowest BCUT2D eigenvalue weighted by Gasteiger charge is -2.23. The second-order valence-electron chi connectivity index (χ2n) is 8.02. The lowest BCUT2D eigenvalue weighted by Crippen LogP contribution is -2.30. The van der Waals surface area contributed by atoms with Crippen LogP contribution in [0.15, 0.2) is 91.0 Å². The van der Waals surface area contributed by atoms with Crippen molar-refractivity contribution in [3.05, 3.63) is 108 Å². The summed E-state index contributed by atoms with van der Waals surface area (Å²) in [4.78, 5) is 12.5. The molecule has 1 N–H and O–H groups in total. The molecule has 1 amide bonds. The van der Waals surface area contributed by atoms with Crippen molar-refractivity contribution in [3.8, 4) is 5.75 Å². The van der Waals surface area contributed by atoms with Crippen LogP contribution in [0.5, 0.6) is 5.75 Å². The second-order valence-corrected chi connectivity index (χ2v) is 9.93. The SMILES string of the molecule is CS(=O)(=O)N(Cc1ccccc1F)c1ccc(C(=O)NCCOc2ccc3ccccc3c2)cc1. The van der Waals surface area contributed by atoms with E-state index < -0.39 is 15.8 Å². The molecular formula is C27H25FN2O4S. The van der Waals surface area contributed by atoms with Gasteiger partial charge in [-0.3, -0.25) is 9.10 Å². The number of anilines is 1. The summed E-state index contributed by atoms with van der Waals surface area (Å²) in [6, 6.07) is 25.9. The van der Waals surface area contributed by atoms with Crippen molar-refractivity contribution in [1.29, 1.82) is 0 Å². The molecule has 0 fully saturated rings. The van der Waals surface area contributed by atoms with Crippen LogP contribution >= 0.6 is 0 Å². The molecule has 0 aliphatic rings. The average Bonchev–Trinajstić information content (AvgIpc) is 2.85. The molecule has 180 valence electrons. The third-order valence-corrected chi connectivity index (χ3v) is 6.61. The third-order valence-electron chi connectivity index (χ3n) is 5.47. The Labute approximate surface area is 204 Å². The molecule has 4 rings (SSSR count). The molecule has 0 saturated heterocycles. The number of carbonyl (C=O) groups is 1. The average molecular weight is 493 g/mol. The van der Waals surface area contributed by atoms with Gasteiger partial charge in [-0.1, -0.05) is 48.5 Å². The van der Waals surface area contributed by atoms with E-state index in [-0.39, 0.29) is 18.0 Å². The Balaban J connectivity index is 1.35. The molecule has 4 aromatic carbocycles. The second kappa shape index (κ2) is 10.6. The highest BCUT2D eigenvalue weighted by Gasteiger charge is 2.20. The number of fused-ring (bicyclic) bond motifs is 1. The van der Waals surface area contributed by atoms with E-state index in [0.29, 0.717) is 24.4 Å². The van der Waals surface area contributed by atoms with Gasteiger partial charge in [0, 0.05) is 11.1 Å². The molecular weight excluding hydrogens is 467 g/mol. The zero-order valence-electron chi connectivity index (χ0n) is 19.1. The molecule has 0 aliphatic carbocycles. The molecule has 0 bridgehead atoms. The van der Waals surface area contributed by atoms with Crippen molar-refractivity contribution < 1.29 is 22.3 Å². The van der Waals surface area contributed by atoms with Crippen molar-refractivity contribution in [2.75, 3.05) is 23.7 Å². The number of halogens is 1. The summed E-state index contributed by atoms with van der Waals surface area (Å²) in [5.74, 6) is -0.0697. The minimum Gasteiger partial charge on any atom is -0.492 e. The van der Waals surface area contributed by atoms with Crippen LogP contribution in [0, 0.1) is 5.82 Å². The fourth-order valence-corrected chi connectivity index (χ4v) is 4.53. The number of sulfonamides is 1. The van der Waals surface area contributed by atoms with Gasteiger partial charge in [-0.15, -0.1) is 0 Å². The van der Waals surface area contributed by atoms with E-state index >= 15 is 0 Å². The van der Waals surface area contributed by atoms with Gasteiger partial charge in [0.1, 0.15) is 18.2 Å². The first-order valence-electron chi connectivity index (χ1n) is 11.0. The van der Waals surface area contributed by atoms with Crippen LogP contribution in [0.1, 0.15) is 15.9 Å². The quantitative estimate of drug-likeness (QED) is 0.342. The predicted molar refractivity (Wildman–Crippen MR) is 136 cm³/mol. The van der Waals surface area contributed by atoms with E-state index in [4.69, 9.17) is 4.74 Å². The topological polar surface area (TPSA) is 75.7 Å². The van der Waals surface area contributed by atoms with E-state index in [1.54, 1.807) is 12.1 Å². The van der Waals surface area contributed by atoms with Gasteiger partial charge in [-0.25, -0.2) is 12.8 Å². The molecule has 6 nitrogen and oxygen atoms in total. The first-order valence-corrected chi connectivity index (χ1v) is 12.9. The summed E-state index contributed by atoms with van der Waals surface area (Å²) in [6.45, 7) is 0.450. The molecule has 0 saturated carbocycles. The Kier molecular flexibility index (Phi) is 7.31. The van der Waals surface area contributed by atoms with Crippen molar-refractivity contribution in [3.63, 3.8) is 0 Å². The standard InChI is InChI=1S/C27H25FN2O4S/c1-35(32,33)30(19-23-8-4-5-9-26(23)28)24-13-10-21(11-14-24)27(31)29-16-17-34-25-15-12-20-6-2-3-7-22(20)18-25/h2-15,18H,16-17,19H2,1H3,(H,29,31). The van der Waals surface area contributed by atoms with E-state index in [2.05, 4.69) is 5.32 Å². The van der Waals surface area contributed by atoms with Gasteiger partial charge >= 0.3 is 0 Å². The summed E-state index contributed by atoms with van der Waals surface area (Å²) in [5, 5.41) is 4.99. The van der Waals surface area contributed by atoms with Crippen molar-refractivity contribution in [2.24, 2.45) is 0 Å². The molecule has 0 unspecified atom stereocenters. The van der Waals surface area contributed by atoms with Gasteiger partial charge in [-0.05, 0) is 53.2 Å². The first kappa shape index (κ1) is 24.2. The van der Waals surface area contributed by atoms with Crippen molar-refractivity contribution in [1.82, 2.24) is 5.32 Å². The number of rotatable bonds is 9. The molecule has 0 spiro atoms. The van der Waals surface area contributed by atoms with Gasteiger partial charge in [0.15, 0.2) is 0 Å². The molecule has 8 heteroatoms. The van der Waals surface area contributed by atoms with E-state index in [9.17, 15) is 17.6 Å². The minimum absolute atomic E-state index is 0.150. The van der Waals surface area contributed by atoms with Gasteiger partial charge < -0.3 is 10.1 Å². The molecule has 0 radical (unpaired) electrons. The number of carbonyl (C=O) groups excluding carboxylic acids is 1. The van der Waals surface area contributed by atoms with Crippen LogP contribution in [0.2, 0.25) is 0 Å². The van der Waals surface area contributed by atoms with Gasteiger partial charge in [0.05, 0.1) is 25.0 Å². The maximum atomic E-state index is 14.1. The molecule has 0 aromatic heterocycles. The van der Waals surface area contributed by atoms with Crippen LogP contribution in [0.25, 0.3) is 10.8 Å². The number of hydrogen-bond donors (Lipinski definition) is 1. The largest absolute Gasteiger partial charge is 0.492 e. The number of benzene rings is 4. The Morgan fingerprint density at radius 2 is 1.60 bits per heavy atom. The van der Waals surface area contributed by atoms with Crippen LogP contribution in [-0.4, -0.2) is 33.7 Å². The normalized spacial score (nSPS) is 11.3. The predicted octanol–water partition coefficient (Wildman–Crippen LogP) is 4.75. The number of ether oxygens (including phenoxy) is 1. The maximum absolute atomic E-state index is 14.1. The fraction of sp³-hybridized carbons (Fsp3) is 0.148. The monoisotopic (exact) mass is 492 g/mol. The highest BCUT2D eigenvalue weighted by Crippen LogP contribution is 2.23. The zero-order chi connectivity index (χ0) is 24.8. The summed E-state index contributed by atoms with van der Waals surface area (Å²) < 4.78 is 45.6. The molecule has 0 heterocycles. The van der Waals surface area contributed by atoms with Crippen LogP contribution in [-0.2, 0) is 16.6 Å². The Morgan fingerprint density at radius 1 is 0.914 bits per heavy atom. The summed E-state index contributed by atoms with van der Waals surface area (Å²) in [7, 11) is -3.67. The number of amides is 1. The Morgan fingerprint density at radius 3 is 2.31 bits per heavy atom. The molecule has 0 atom stereocenters. The third kappa shape index (κ3) is 6.16. The van der Waals surface area contributed by atoms with Gasteiger partial charge in [-0.2, -0.15) is 0 Å². The molecule has 35 heavy (non-hydrogen) atoms. The number of nitrogens with one attached hydrogen (secondary N) is 1. The van der Waals surface area contributed by atoms with Gasteiger partial charge in [0.2, 0.25) is 10.0 Å². The number of hydrogen-bond acceptors (Lipinski definition) is 4.